The second kappa shape index (κ2) is 8.94. The van der Waals surface area contributed by atoms with E-state index in [0.717, 1.165) is 11.1 Å². The molecule has 0 fully saturated rings. The summed E-state index contributed by atoms with van der Waals surface area (Å²) in [6.45, 7) is 4.47. The molecular formula is C20H19ClF2N4OS. The third-order valence-electron chi connectivity index (χ3n) is 4.31. The molecule has 1 heterocycles. The lowest BCUT2D eigenvalue weighted by Gasteiger charge is -2.27. The van der Waals surface area contributed by atoms with Crippen LogP contribution in [0.4, 0.5) is 8.78 Å². The number of hydrogen-bond acceptors (Lipinski definition) is 5. The Morgan fingerprint density at radius 2 is 1.76 bits per heavy atom. The van der Waals surface area contributed by atoms with Gasteiger partial charge in [0.25, 0.3) is 5.91 Å². The van der Waals surface area contributed by atoms with E-state index in [1.54, 1.807) is 18.2 Å². The van der Waals surface area contributed by atoms with Gasteiger partial charge >= 0.3 is 0 Å². The minimum absolute atomic E-state index is 0.238. The first-order valence-corrected chi connectivity index (χ1v) is 9.99. The van der Waals surface area contributed by atoms with E-state index in [1.807, 2.05) is 13.8 Å². The lowest BCUT2D eigenvalue weighted by Crippen LogP contribution is -2.36. The maximum Gasteiger partial charge on any atom is 0.282 e. The number of amides is 1. The van der Waals surface area contributed by atoms with Crippen molar-refractivity contribution in [2.45, 2.75) is 32.5 Å². The summed E-state index contributed by atoms with van der Waals surface area (Å²) < 4.78 is 26.2. The number of carbonyl (C=O) groups excluding carboxylic acids is 1. The summed E-state index contributed by atoms with van der Waals surface area (Å²) >= 11 is 7.33. The zero-order valence-electron chi connectivity index (χ0n) is 15.8. The molecule has 0 aliphatic rings. The van der Waals surface area contributed by atoms with Crippen LogP contribution in [0.5, 0.6) is 0 Å². The molecule has 0 spiro atoms. The molecule has 2 aromatic carbocycles. The first kappa shape index (κ1) is 21.3. The highest BCUT2D eigenvalue weighted by molar-refractivity contribution is 7.13. The van der Waals surface area contributed by atoms with Crippen LogP contribution in [-0.4, -0.2) is 16.1 Å². The molecule has 0 atom stereocenters. The minimum Gasteiger partial charge on any atom is -0.346 e. The zero-order chi connectivity index (χ0) is 21.0. The SMILES string of the molecule is CC(C)(NCc1nnc(C(=O)NCc2ccc(F)cc2)s1)c1ccc(F)cc1Cl. The van der Waals surface area contributed by atoms with Crippen LogP contribution in [0.15, 0.2) is 42.5 Å². The summed E-state index contributed by atoms with van der Waals surface area (Å²) in [4.78, 5) is 12.2. The first-order valence-electron chi connectivity index (χ1n) is 8.80. The minimum atomic E-state index is -0.540. The number of nitrogens with zero attached hydrogens (tertiary/aromatic N) is 2. The van der Waals surface area contributed by atoms with Gasteiger partial charge in [-0.2, -0.15) is 0 Å². The van der Waals surface area contributed by atoms with Gasteiger partial charge in [-0.05, 0) is 49.2 Å². The number of benzene rings is 2. The molecule has 0 saturated carbocycles. The Morgan fingerprint density at radius 3 is 2.45 bits per heavy atom. The zero-order valence-corrected chi connectivity index (χ0v) is 17.4. The molecule has 2 N–H and O–H groups in total. The Balaban J connectivity index is 1.58. The van der Waals surface area contributed by atoms with Gasteiger partial charge in [-0.25, -0.2) is 8.78 Å². The smallest absolute Gasteiger partial charge is 0.282 e. The van der Waals surface area contributed by atoms with Crippen LogP contribution in [0.25, 0.3) is 0 Å². The summed E-state index contributed by atoms with van der Waals surface area (Å²) in [6, 6.07) is 10.2. The van der Waals surface area contributed by atoms with Crippen molar-refractivity contribution in [2.75, 3.05) is 0 Å². The van der Waals surface area contributed by atoms with Gasteiger partial charge in [0.15, 0.2) is 0 Å². The Hall–Kier alpha value is -2.42. The highest BCUT2D eigenvalue weighted by atomic mass is 35.5. The van der Waals surface area contributed by atoms with E-state index >= 15 is 0 Å². The number of rotatable bonds is 7. The van der Waals surface area contributed by atoms with E-state index in [4.69, 9.17) is 11.6 Å². The van der Waals surface area contributed by atoms with Crippen LogP contribution in [0, 0.1) is 11.6 Å². The summed E-state index contributed by atoms with van der Waals surface area (Å²) in [5.41, 5.74) is 0.994. The maximum absolute atomic E-state index is 13.3. The van der Waals surface area contributed by atoms with Crippen LogP contribution in [0.1, 0.15) is 39.8 Å². The van der Waals surface area contributed by atoms with Crippen molar-refractivity contribution in [3.8, 4) is 0 Å². The monoisotopic (exact) mass is 436 g/mol. The fourth-order valence-corrected chi connectivity index (χ4v) is 3.76. The van der Waals surface area contributed by atoms with Crippen LogP contribution < -0.4 is 10.6 Å². The molecule has 0 saturated heterocycles. The van der Waals surface area contributed by atoms with Crippen molar-refractivity contribution < 1.29 is 13.6 Å². The van der Waals surface area contributed by atoms with Crippen LogP contribution in [0.3, 0.4) is 0 Å². The van der Waals surface area contributed by atoms with Gasteiger partial charge in [0.1, 0.15) is 16.6 Å². The van der Waals surface area contributed by atoms with E-state index in [2.05, 4.69) is 20.8 Å². The standard InChI is InChI=1S/C20H19ClF2N4OS/c1-20(2,15-8-7-14(23)9-16(15)21)25-11-17-26-27-19(29-17)18(28)24-10-12-3-5-13(22)6-4-12/h3-9,25H,10-11H2,1-2H3,(H,24,28). The Kier molecular flexibility index (Phi) is 6.56. The van der Waals surface area contributed by atoms with Gasteiger partial charge in [-0.1, -0.05) is 41.1 Å². The average Bonchev–Trinajstić information content (AvgIpc) is 3.15. The lowest BCUT2D eigenvalue weighted by atomic mass is 9.94. The number of carbonyl (C=O) groups is 1. The van der Waals surface area contributed by atoms with Crippen LogP contribution in [-0.2, 0) is 18.6 Å². The summed E-state index contributed by atoms with van der Waals surface area (Å²) in [6.07, 6.45) is 0. The third kappa shape index (κ3) is 5.56. The predicted molar refractivity (Wildman–Crippen MR) is 109 cm³/mol. The number of nitrogens with one attached hydrogen (secondary N) is 2. The molecule has 0 aliphatic heterocycles. The molecule has 0 bridgehead atoms. The molecule has 0 unspecified atom stereocenters. The lowest BCUT2D eigenvalue weighted by molar-refractivity contribution is 0.0950. The second-order valence-corrected chi connectivity index (χ2v) is 8.38. The molecule has 0 radical (unpaired) electrons. The highest BCUT2D eigenvalue weighted by Gasteiger charge is 2.24. The van der Waals surface area contributed by atoms with Gasteiger partial charge in [-0.3, -0.25) is 4.79 Å². The van der Waals surface area contributed by atoms with Crippen molar-refractivity contribution >= 4 is 28.8 Å². The molecule has 9 heteroatoms. The Morgan fingerprint density at radius 1 is 1.07 bits per heavy atom. The molecule has 5 nitrogen and oxygen atoms in total. The fourth-order valence-electron chi connectivity index (χ4n) is 2.67. The largest absolute Gasteiger partial charge is 0.346 e. The average molecular weight is 437 g/mol. The van der Waals surface area contributed by atoms with E-state index in [1.165, 1.54) is 35.6 Å². The second-order valence-electron chi connectivity index (χ2n) is 6.91. The molecule has 3 aromatic rings. The van der Waals surface area contributed by atoms with Crippen LogP contribution in [0.2, 0.25) is 5.02 Å². The van der Waals surface area contributed by atoms with Gasteiger partial charge < -0.3 is 10.6 Å². The van der Waals surface area contributed by atoms with Gasteiger partial charge in [0.05, 0.1) is 6.54 Å². The van der Waals surface area contributed by atoms with Gasteiger partial charge in [0.2, 0.25) is 5.01 Å². The van der Waals surface area contributed by atoms with Crippen molar-refractivity contribution in [2.24, 2.45) is 0 Å². The molecule has 1 amide bonds. The Labute approximate surface area is 176 Å². The van der Waals surface area contributed by atoms with Crippen LogP contribution >= 0.6 is 22.9 Å². The third-order valence-corrected chi connectivity index (χ3v) is 5.55. The number of aromatic nitrogens is 2. The molecule has 1 aromatic heterocycles. The summed E-state index contributed by atoms with van der Waals surface area (Å²) in [7, 11) is 0. The van der Waals surface area contributed by atoms with Crippen molar-refractivity contribution in [3.63, 3.8) is 0 Å². The predicted octanol–water partition coefficient (Wildman–Crippen LogP) is 4.42. The van der Waals surface area contributed by atoms with Crippen molar-refractivity contribution in [1.29, 1.82) is 0 Å². The number of hydrogen-bond donors (Lipinski definition) is 2. The quantitative estimate of drug-likeness (QED) is 0.575. The molecular weight excluding hydrogens is 418 g/mol. The van der Waals surface area contributed by atoms with E-state index < -0.39 is 11.4 Å². The van der Waals surface area contributed by atoms with Crippen molar-refractivity contribution in [3.05, 3.63) is 80.3 Å². The topological polar surface area (TPSA) is 66.9 Å². The fraction of sp³-hybridized carbons (Fsp3) is 0.250. The molecule has 29 heavy (non-hydrogen) atoms. The van der Waals surface area contributed by atoms with Crippen molar-refractivity contribution in [1.82, 2.24) is 20.8 Å². The molecule has 3 rings (SSSR count). The maximum atomic E-state index is 13.3. The van der Waals surface area contributed by atoms with Gasteiger partial charge in [-0.15, -0.1) is 10.2 Å². The summed E-state index contributed by atoms with van der Waals surface area (Å²) in [5, 5.41) is 15.2. The van der Waals surface area contributed by atoms with E-state index in [0.29, 0.717) is 16.6 Å². The van der Waals surface area contributed by atoms with E-state index in [-0.39, 0.29) is 23.3 Å². The highest BCUT2D eigenvalue weighted by Crippen LogP contribution is 2.28. The van der Waals surface area contributed by atoms with Gasteiger partial charge in [0, 0.05) is 17.1 Å². The molecule has 0 aliphatic carbocycles. The number of halogens is 3. The van der Waals surface area contributed by atoms with E-state index in [9.17, 15) is 13.6 Å². The molecule has 152 valence electrons. The normalized spacial score (nSPS) is 11.5. The summed E-state index contributed by atoms with van der Waals surface area (Å²) in [5.74, 6) is -1.07. The Bertz CT molecular complexity index is 1010. The first-order chi connectivity index (χ1) is 13.7.